The van der Waals surface area contributed by atoms with Gasteiger partial charge in [0.15, 0.2) is 0 Å². The second kappa shape index (κ2) is 5.04. The molecule has 0 spiro atoms. The molecule has 2 N–H and O–H groups in total. The molecule has 0 aromatic rings. The summed E-state index contributed by atoms with van der Waals surface area (Å²) in [7, 11) is 0. The van der Waals surface area contributed by atoms with Crippen LogP contribution < -0.4 is 0 Å². The Labute approximate surface area is 74.0 Å². The lowest BCUT2D eigenvalue weighted by molar-refractivity contribution is -0.171. The number of nitrogens with zero attached hydrogens (tertiary/aromatic N) is 1. The average Bonchev–Trinajstić information content (AvgIpc) is 2.37. The van der Waals surface area contributed by atoms with Crippen LogP contribution in [0.4, 0.5) is 0 Å². The van der Waals surface area contributed by atoms with E-state index in [1.54, 1.807) is 0 Å². The fourth-order valence-electron chi connectivity index (χ4n) is 0.565. The van der Waals surface area contributed by atoms with Gasteiger partial charge in [0.25, 0.3) is 11.8 Å². The fraction of sp³-hybridized carbons (Fsp3) is 0.286. The van der Waals surface area contributed by atoms with E-state index in [-0.39, 0.29) is 17.9 Å². The zero-order valence-corrected chi connectivity index (χ0v) is 6.77. The van der Waals surface area contributed by atoms with Crippen LogP contribution in [-0.2, 0) is 14.4 Å². The highest BCUT2D eigenvalue weighted by atomic mass is 16.5. The fourth-order valence-corrected chi connectivity index (χ4v) is 0.565. The van der Waals surface area contributed by atoms with Crippen LogP contribution in [0.25, 0.3) is 0 Å². The summed E-state index contributed by atoms with van der Waals surface area (Å²) < 4.78 is 0. The second-order valence-corrected chi connectivity index (χ2v) is 2.14. The summed E-state index contributed by atoms with van der Waals surface area (Å²) in [5, 5.41) is 16.2. The SMILES string of the molecule is C=CC(=O)O.O=C1CCC(=O)N1O. The summed E-state index contributed by atoms with van der Waals surface area (Å²) in [6, 6.07) is 0. The van der Waals surface area contributed by atoms with Crippen molar-refractivity contribution >= 4 is 17.8 Å². The number of carbonyl (C=O) groups is 3. The van der Waals surface area contributed by atoms with Crippen molar-refractivity contribution in [1.29, 1.82) is 0 Å². The molecule has 0 aromatic heterocycles. The van der Waals surface area contributed by atoms with Crippen molar-refractivity contribution in [3.63, 3.8) is 0 Å². The van der Waals surface area contributed by atoms with Crippen LogP contribution in [0.1, 0.15) is 12.8 Å². The first-order valence-corrected chi connectivity index (χ1v) is 3.39. The van der Waals surface area contributed by atoms with Crippen LogP contribution in [0.15, 0.2) is 12.7 Å². The number of imide groups is 1. The molecule has 0 aliphatic carbocycles. The van der Waals surface area contributed by atoms with E-state index in [4.69, 9.17) is 10.3 Å². The van der Waals surface area contributed by atoms with Crippen molar-refractivity contribution in [3.05, 3.63) is 12.7 Å². The van der Waals surface area contributed by atoms with Gasteiger partial charge in [0.1, 0.15) is 0 Å². The Hall–Kier alpha value is -1.69. The minimum atomic E-state index is -0.981. The maximum Gasteiger partial charge on any atom is 0.327 e. The lowest BCUT2D eigenvalue weighted by atomic mass is 10.4. The van der Waals surface area contributed by atoms with Gasteiger partial charge in [-0.2, -0.15) is 5.06 Å². The predicted molar refractivity (Wildman–Crippen MR) is 40.7 cm³/mol. The number of rotatable bonds is 1. The molecule has 1 aliphatic rings. The summed E-state index contributed by atoms with van der Waals surface area (Å²) >= 11 is 0. The summed E-state index contributed by atoms with van der Waals surface area (Å²) in [4.78, 5) is 29.7. The highest BCUT2D eigenvalue weighted by molar-refractivity contribution is 6.00. The van der Waals surface area contributed by atoms with Crippen molar-refractivity contribution in [1.82, 2.24) is 5.06 Å². The van der Waals surface area contributed by atoms with Crippen LogP contribution in [0.5, 0.6) is 0 Å². The third-order valence-corrected chi connectivity index (χ3v) is 1.20. The molecule has 6 nitrogen and oxygen atoms in total. The zero-order valence-electron chi connectivity index (χ0n) is 6.77. The standard InChI is InChI=1S/C4H5NO3.C3H4O2/c6-3-1-2-4(7)5(3)8;1-2-3(4)5/h8H,1-2H2;2H,1H2,(H,4,5). The minimum Gasteiger partial charge on any atom is -0.478 e. The van der Waals surface area contributed by atoms with Gasteiger partial charge < -0.3 is 5.11 Å². The van der Waals surface area contributed by atoms with E-state index in [0.717, 1.165) is 6.08 Å². The van der Waals surface area contributed by atoms with Crippen LogP contribution in [0, 0.1) is 0 Å². The predicted octanol–water partition coefficient (Wildman–Crippen LogP) is -0.218. The van der Waals surface area contributed by atoms with Gasteiger partial charge in [0.05, 0.1) is 0 Å². The van der Waals surface area contributed by atoms with E-state index in [0.29, 0.717) is 0 Å². The normalized spacial score (nSPS) is 15.0. The van der Waals surface area contributed by atoms with E-state index in [1.807, 2.05) is 0 Å². The van der Waals surface area contributed by atoms with Crippen LogP contribution in [-0.4, -0.2) is 33.2 Å². The highest BCUT2D eigenvalue weighted by Gasteiger charge is 2.26. The van der Waals surface area contributed by atoms with Crippen molar-refractivity contribution in [2.24, 2.45) is 0 Å². The third kappa shape index (κ3) is 4.02. The first-order chi connectivity index (χ1) is 5.99. The number of carboxylic acid groups (broad SMARTS) is 1. The summed E-state index contributed by atoms with van der Waals surface area (Å²) in [6.45, 7) is 2.96. The minimum absolute atomic E-state index is 0.148. The molecule has 1 heterocycles. The quantitative estimate of drug-likeness (QED) is 0.336. The molecule has 1 rings (SSSR count). The number of hydrogen-bond donors (Lipinski definition) is 2. The summed E-state index contributed by atoms with van der Waals surface area (Å²) in [6.07, 6.45) is 1.13. The average molecular weight is 187 g/mol. The van der Waals surface area contributed by atoms with Crippen molar-refractivity contribution in [2.45, 2.75) is 12.8 Å². The Bertz CT molecular complexity index is 231. The first-order valence-electron chi connectivity index (χ1n) is 3.39. The molecule has 1 saturated heterocycles. The zero-order chi connectivity index (χ0) is 10.4. The van der Waals surface area contributed by atoms with Gasteiger partial charge in [-0.3, -0.25) is 14.8 Å². The Balaban J connectivity index is 0.000000252. The topological polar surface area (TPSA) is 94.9 Å². The van der Waals surface area contributed by atoms with Gasteiger partial charge in [-0.25, -0.2) is 4.79 Å². The number of hydrogen-bond acceptors (Lipinski definition) is 4. The molecule has 13 heavy (non-hydrogen) atoms. The maximum absolute atomic E-state index is 10.2. The van der Waals surface area contributed by atoms with Crippen LogP contribution in [0.3, 0.4) is 0 Å². The van der Waals surface area contributed by atoms with E-state index in [9.17, 15) is 14.4 Å². The Morgan fingerprint density at radius 1 is 1.38 bits per heavy atom. The molecule has 0 radical (unpaired) electrons. The van der Waals surface area contributed by atoms with Crippen molar-refractivity contribution < 1.29 is 24.7 Å². The number of carboxylic acids is 1. The molecule has 0 atom stereocenters. The van der Waals surface area contributed by atoms with Gasteiger partial charge in [-0.05, 0) is 0 Å². The molecule has 1 aliphatic heterocycles. The Morgan fingerprint density at radius 3 is 1.77 bits per heavy atom. The van der Waals surface area contributed by atoms with Gasteiger partial charge in [-0.1, -0.05) is 6.58 Å². The van der Waals surface area contributed by atoms with E-state index < -0.39 is 17.8 Å². The lowest BCUT2D eigenvalue weighted by Crippen LogP contribution is -2.24. The molecule has 0 saturated carbocycles. The van der Waals surface area contributed by atoms with E-state index in [1.165, 1.54) is 0 Å². The molecule has 0 aromatic carbocycles. The Morgan fingerprint density at radius 2 is 1.69 bits per heavy atom. The summed E-state index contributed by atoms with van der Waals surface area (Å²) in [5.74, 6) is -1.99. The molecular weight excluding hydrogens is 178 g/mol. The highest BCUT2D eigenvalue weighted by Crippen LogP contribution is 2.06. The number of carbonyl (C=O) groups excluding carboxylic acids is 2. The monoisotopic (exact) mass is 187 g/mol. The largest absolute Gasteiger partial charge is 0.478 e. The molecule has 0 bridgehead atoms. The van der Waals surface area contributed by atoms with E-state index in [2.05, 4.69) is 6.58 Å². The molecule has 1 fully saturated rings. The molecule has 2 amide bonds. The lowest BCUT2D eigenvalue weighted by Gasteiger charge is -1.98. The maximum atomic E-state index is 10.2. The van der Waals surface area contributed by atoms with Crippen molar-refractivity contribution in [2.75, 3.05) is 0 Å². The third-order valence-electron chi connectivity index (χ3n) is 1.20. The van der Waals surface area contributed by atoms with Crippen LogP contribution >= 0.6 is 0 Å². The van der Waals surface area contributed by atoms with Gasteiger partial charge in [-0.15, -0.1) is 0 Å². The molecule has 0 unspecified atom stereocenters. The number of aliphatic carboxylic acids is 1. The van der Waals surface area contributed by atoms with Gasteiger partial charge >= 0.3 is 5.97 Å². The second-order valence-electron chi connectivity index (χ2n) is 2.14. The number of hydroxylamine groups is 2. The van der Waals surface area contributed by atoms with Gasteiger partial charge in [0, 0.05) is 18.9 Å². The van der Waals surface area contributed by atoms with Crippen molar-refractivity contribution in [3.8, 4) is 0 Å². The summed E-state index contributed by atoms with van der Waals surface area (Å²) in [5.41, 5.74) is 0. The molecule has 72 valence electrons. The molecular formula is C7H9NO5. The van der Waals surface area contributed by atoms with Gasteiger partial charge in [0.2, 0.25) is 0 Å². The first kappa shape index (κ1) is 11.3. The number of amides is 2. The smallest absolute Gasteiger partial charge is 0.327 e. The Kier molecular flexibility index (Phi) is 4.39. The van der Waals surface area contributed by atoms with E-state index >= 15 is 0 Å². The van der Waals surface area contributed by atoms with Crippen LogP contribution in [0.2, 0.25) is 0 Å². The molecule has 6 heteroatoms.